The highest BCUT2D eigenvalue weighted by Gasteiger charge is 2.44. The van der Waals surface area contributed by atoms with Crippen LogP contribution in [0.25, 0.3) is 0 Å². The van der Waals surface area contributed by atoms with Gasteiger partial charge in [-0.15, -0.1) is 0 Å². The molecule has 0 unspecified atom stereocenters. The smallest absolute Gasteiger partial charge is 0.315 e. The molecule has 2 fully saturated rings. The van der Waals surface area contributed by atoms with E-state index >= 15 is 0 Å². The third-order valence-electron chi connectivity index (χ3n) is 4.50. The van der Waals surface area contributed by atoms with Crippen molar-refractivity contribution in [2.75, 3.05) is 6.54 Å². The summed E-state index contributed by atoms with van der Waals surface area (Å²) in [5, 5.41) is 5.69. The molecule has 3 rings (SSSR count). The van der Waals surface area contributed by atoms with Gasteiger partial charge in [-0.2, -0.15) is 0 Å². The van der Waals surface area contributed by atoms with Gasteiger partial charge in [0.2, 0.25) is 5.91 Å². The molecule has 0 bridgehead atoms. The minimum atomic E-state index is -0.242. The molecule has 6 heteroatoms. The highest BCUT2D eigenvalue weighted by atomic mass is 16.2. The van der Waals surface area contributed by atoms with Crippen LogP contribution in [-0.2, 0) is 11.3 Å². The predicted molar refractivity (Wildman–Crippen MR) is 82.0 cm³/mol. The van der Waals surface area contributed by atoms with E-state index in [1.165, 1.54) is 0 Å². The van der Waals surface area contributed by atoms with Gasteiger partial charge in [-0.05, 0) is 30.9 Å². The van der Waals surface area contributed by atoms with Crippen molar-refractivity contribution in [3.05, 3.63) is 29.6 Å². The van der Waals surface area contributed by atoms with Crippen LogP contribution in [0.4, 0.5) is 4.79 Å². The Bertz CT molecular complexity index is 589. The molecule has 2 N–H and O–H groups in total. The number of aromatic nitrogens is 1. The van der Waals surface area contributed by atoms with Gasteiger partial charge in [0, 0.05) is 25.2 Å². The first-order valence-corrected chi connectivity index (χ1v) is 7.79. The molecule has 0 aromatic carbocycles. The highest BCUT2D eigenvalue weighted by Crippen LogP contribution is 2.37. The molecule has 0 spiro atoms. The molecule has 1 aromatic heterocycles. The average Bonchev–Trinajstić information content (AvgIpc) is 3.09. The number of likely N-dealkylation sites (tertiary alicyclic amines) is 1. The van der Waals surface area contributed by atoms with Gasteiger partial charge >= 0.3 is 6.03 Å². The van der Waals surface area contributed by atoms with Crippen LogP contribution in [-0.4, -0.2) is 40.5 Å². The summed E-state index contributed by atoms with van der Waals surface area (Å²) in [7, 11) is 0. The van der Waals surface area contributed by atoms with Crippen LogP contribution in [0, 0.1) is 12.8 Å². The largest absolute Gasteiger partial charge is 0.337 e. The zero-order valence-corrected chi connectivity index (χ0v) is 13.0. The molecular weight excluding hydrogens is 280 g/mol. The predicted octanol–water partition coefficient (Wildman–Crippen LogP) is 1.20. The van der Waals surface area contributed by atoms with Crippen molar-refractivity contribution in [3.8, 4) is 0 Å². The summed E-state index contributed by atoms with van der Waals surface area (Å²) in [6.45, 7) is 5.14. The third-order valence-corrected chi connectivity index (χ3v) is 4.50. The molecule has 3 atom stereocenters. The summed E-state index contributed by atoms with van der Waals surface area (Å²) in [6, 6.07) is 3.89. The maximum Gasteiger partial charge on any atom is 0.315 e. The number of carbonyl (C=O) groups excluding carboxylic acids is 2. The Morgan fingerprint density at radius 2 is 2.27 bits per heavy atom. The number of hydrogen-bond donors (Lipinski definition) is 2. The fourth-order valence-corrected chi connectivity index (χ4v) is 2.99. The quantitative estimate of drug-likeness (QED) is 0.877. The molecule has 0 radical (unpaired) electrons. The second-order valence-electron chi connectivity index (χ2n) is 6.32. The molecule has 1 saturated heterocycles. The van der Waals surface area contributed by atoms with Crippen molar-refractivity contribution in [2.24, 2.45) is 5.92 Å². The van der Waals surface area contributed by atoms with Gasteiger partial charge in [0.15, 0.2) is 0 Å². The van der Waals surface area contributed by atoms with Crippen molar-refractivity contribution in [2.45, 2.75) is 45.3 Å². The summed E-state index contributed by atoms with van der Waals surface area (Å²) in [5.41, 5.74) is 1.90. The molecule has 2 aliphatic rings. The van der Waals surface area contributed by atoms with E-state index in [-0.39, 0.29) is 18.0 Å². The molecule has 6 nitrogen and oxygen atoms in total. The van der Waals surface area contributed by atoms with Crippen LogP contribution < -0.4 is 10.6 Å². The zero-order chi connectivity index (χ0) is 15.7. The number of rotatable bonds is 4. The van der Waals surface area contributed by atoms with E-state index in [0.717, 1.165) is 17.7 Å². The number of urea groups is 1. The van der Waals surface area contributed by atoms with E-state index < -0.39 is 0 Å². The van der Waals surface area contributed by atoms with Crippen molar-refractivity contribution in [1.29, 1.82) is 0 Å². The second kappa shape index (κ2) is 5.94. The number of hydrogen-bond acceptors (Lipinski definition) is 3. The minimum Gasteiger partial charge on any atom is -0.337 e. The molecular formula is C16H22N4O2. The van der Waals surface area contributed by atoms with E-state index in [2.05, 4.69) is 22.5 Å². The summed E-state index contributed by atoms with van der Waals surface area (Å²) in [4.78, 5) is 30.1. The number of nitrogens with zero attached hydrogens (tertiary/aromatic N) is 2. The lowest BCUT2D eigenvalue weighted by Gasteiger charge is -2.17. The van der Waals surface area contributed by atoms with Crippen LogP contribution in [0.1, 0.15) is 31.0 Å². The van der Waals surface area contributed by atoms with Gasteiger partial charge in [0.05, 0.1) is 18.3 Å². The monoisotopic (exact) mass is 302 g/mol. The SMILES string of the molecule is Cc1cccnc1CNC(=O)N[C@@H]1CC(=O)N([C@H]2C[C@@H]2C)C1. The van der Waals surface area contributed by atoms with E-state index in [1.807, 2.05) is 24.0 Å². The topological polar surface area (TPSA) is 74.3 Å². The van der Waals surface area contributed by atoms with Gasteiger partial charge < -0.3 is 15.5 Å². The summed E-state index contributed by atoms with van der Waals surface area (Å²) in [5.74, 6) is 0.754. The molecule has 1 aliphatic heterocycles. The third kappa shape index (κ3) is 3.21. The zero-order valence-electron chi connectivity index (χ0n) is 13.0. The first-order valence-electron chi connectivity index (χ1n) is 7.79. The lowest BCUT2D eigenvalue weighted by atomic mass is 10.2. The fourth-order valence-electron chi connectivity index (χ4n) is 2.99. The Kier molecular flexibility index (Phi) is 4.00. The highest BCUT2D eigenvalue weighted by molar-refractivity contribution is 5.82. The Balaban J connectivity index is 1.46. The Hall–Kier alpha value is -2.11. The summed E-state index contributed by atoms with van der Waals surface area (Å²) in [6.07, 6.45) is 3.20. The van der Waals surface area contributed by atoms with E-state index in [0.29, 0.717) is 31.5 Å². The molecule has 3 amide bonds. The maximum atomic E-state index is 12.0. The van der Waals surface area contributed by atoms with Crippen LogP contribution in [0.5, 0.6) is 0 Å². The van der Waals surface area contributed by atoms with Gasteiger partial charge in [-0.1, -0.05) is 13.0 Å². The van der Waals surface area contributed by atoms with Gasteiger partial charge in [0.25, 0.3) is 0 Å². The standard InChI is InChI=1S/C16H22N4O2/c1-10-4-3-5-17-13(10)8-18-16(22)19-12-7-15(21)20(9-12)14-6-11(14)2/h3-5,11-12,14H,6-9H2,1-2H3,(H2,18,19,22)/t11-,12+,14-/m0/s1. The summed E-state index contributed by atoms with van der Waals surface area (Å²) >= 11 is 0. The molecule has 1 saturated carbocycles. The van der Waals surface area contributed by atoms with Gasteiger partial charge in [0.1, 0.15) is 0 Å². The van der Waals surface area contributed by atoms with Gasteiger partial charge in [-0.3, -0.25) is 9.78 Å². The number of carbonyl (C=O) groups is 2. The number of nitrogens with one attached hydrogen (secondary N) is 2. The van der Waals surface area contributed by atoms with Crippen molar-refractivity contribution >= 4 is 11.9 Å². The van der Waals surface area contributed by atoms with E-state index in [9.17, 15) is 9.59 Å². The Morgan fingerprint density at radius 1 is 1.50 bits per heavy atom. The van der Waals surface area contributed by atoms with Gasteiger partial charge in [-0.25, -0.2) is 4.79 Å². The molecule has 1 aromatic rings. The lowest BCUT2D eigenvalue weighted by Crippen LogP contribution is -2.43. The average molecular weight is 302 g/mol. The number of aryl methyl sites for hydroxylation is 1. The van der Waals surface area contributed by atoms with Crippen LogP contribution in [0.15, 0.2) is 18.3 Å². The molecule has 22 heavy (non-hydrogen) atoms. The molecule has 1 aliphatic carbocycles. The molecule has 118 valence electrons. The maximum absolute atomic E-state index is 12.0. The van der Waals surface area contributed by atoms with Crippen LogP contribution in [0.3, 0.4) is 0 Å². The first kappa shape index (κ1) is 14.8. The molecule has 2 heterocycles. The van der Waals surface area contributed by atoms with Crippen molar-refractivity contribution in [3.63, 3.8) is 0 Å². The number of pyridine rings is 1. The first-order chi connectivity index (χ1) is 10.5. The minimum absolute atomic E-state index is 0.0925. The lowest BCUT2D eigenvalue weighted by molar-refractivity contribution is -0.128. The van der Waals surface area contributed by atoms with Crippen molar-refractivity contribution in [1.82, 2.24) is 20.5 Å². The normalized spacial score (nSPS) is 26.9. The van der Waals surface area contributed by atoms with E-state index in [4.69, 9.17) is 0 Å². The Morgan fingerprint density at radius 3 is 2.95 bits per heavy atom. The summed E-state index contributed by atoms with van der Waals surface area (Å²) < 4.78 is 0. The number of amides is 3. The van der Waals surface area contributed by atoms with Crippen LogP contribution in [0.2, 0.25) is 0 Å². The van der Waals surface area contributed by atoms with Crippen LogP contribution >= 0.6 is 0 Å². The fraction of sp³-hybridized carbons (Fsp3) is 0.562. The second-order valence-corrected chi connectivity index (χ2v) is 6.32. The van der Waals surface area contributed by atoms with E-state index in [1.54, 1.807) is 6.20 Å². The van der Waals surface area contributed by atoms with Crippen molar-refractivity contribution < 1.29 is 9.59 Å². The Labute approximate surface area is 130 Å².